The first-order chi connectivity index (χ1) is 7.55. The van der Waals surface area contributed by atoms with Crippen molar-refractivity contribution < 1.29 is 13.2 Å². The SMILES string of the molecule is CNS(=O)(=O)c1ccc(OC)c(N=C=S)c1. The van der Waals surface area contributed by atoms with Crippen LogP contribution >= 0.6 is 12.2 Å². The van der Waals surface area contributed by atoms with Crippen molar-refractivity contribution in [1.29, 1.82) is 0 Å². The Morgan fingerprint density at radius 1 is 1.50 bits per heavy atom. The maximum absolute atomic E-state index is 11.5. The Hall–Kier alpha value is -1.27. The van der Waals surface area contributed by atoms with Crippen LogP contribution in [0.25, 0.3) is 0 Å². The van der Waals surface area contributed by atoms with Crippen LogP contribution in [-0.2, 0) is 10.0 Å². The van der Waals surface area contributed by atoms with Crippen LogP contribution in [0.4, 0.5) is 5.69 Å². The quantitative estimate of drug-likeness (QED) is 0.653. The summed E-state index contributed by atoms with van der Waals surface area (Å²) in [5.74, 6) is 0.437. The van der Waals surface area contributed by atoms with E-state index in [2.05, 4.69) is 27.1 Å². The van der Waals surface area contributed by atoms with Crippen molar-refractivity contribution in [2.45, 2.75) is 4.90 Å². The van der Waals surface area contributed by atoms with Gasteiger partial charge >= 0.3 is 0 Å². The number of thiocarbonyl (C=S) groups is 1. The molecule has 1 aromatic rings. The van der Waals surface area contributed by atoms with Gasteiger partial charge in [0.05, 0.1) is 17.2 Å². The average molecular weight is 258 g/mol. The number of methoxy groups -OCH3 is 1. The second-order valence-electron chi connectivity index (χ2n) is 2.74. The highest BCUT2D eigenvalue weighted by Crippen LogP contribution is 2.29. The third-order valence-corrected chi connectivity index (χ3v) is 3.40. The summed E-state index contributed by atoms with van der Waals surface area (Å²) in [4.78, 5) is 3.83. The first-order valence-electron chi connectivity index (χ1n) is 4.24. The summed E-state index contributed by atoms with van der Waals surface area (Å²) in [5.41, 5.74) is 0.328. The molecule has 0 aromatic heterocycles. The van der Waals surface area contributed by atoms with Gasteiger partial charge in [0.15, 0.2) is 0 Å². The number of benzene rings is 1. The van der Waals surface area contributed by atoms with Gasteiger partial charge in [0, 0.05) is 0 Å². The minimum Gasteiger partial charge on any atom is -0.494 e. The van der Waals surface area contributed by atoms with Gasteiger partial charge in [-0.1, -0.05) is 0 Å². The molecule has 0 saturated heterocycles. The predicted octanol–water partition coefficient (Wildman–Crippen LogP) is 1.34. The van der Waals surface area contributed by atoms with Gasteiger partial charge in [-0.15, -0.1) is 0 Å². The Balaban J connectivity index is 3.38. The van der Waals surface area contributed by atoms with Gasteiger partial charge in [-0.3, -0.25) is 0 Å². The molecular formula is C9H10N2O3S2. The summed E-state index contributed by atoms with van der Waals surface area (Å²) < 4.78 is 30.2. The fourth-order valence-electron chi connectivity index (χ4n) is 1.09. The minimum absolute atomic E-state index is 0.0970. The molecule has 0 aliphatic rings. The van der Waals surface area contributed by atoms with Crippen molar-refractivity contribution in [3.05, 3.63) is 18.2 Å². The van der Waals surface area contributed by atoms with Crippen molar-refractivity contribution in [3.63, 3.8) is 0 Å². The van der Waals surface area contributed by atoms with E-state index in [0.717, 1.165) is 0 Å². The molecule has 1 aromatic carbocycles. The largest absolute Gasteiger partial charge is 0.494 e. The molecule has 1 N–H and O–H groups in total. The number of hydrogen-bond donors (Lipinski definition) is 1. The molecule has 1 rings (SSSR count). The fourth-order valence-corrected chi connectivity index (χ4v) is 1.94. The number of hydrogen-bond acceptors (Lipinski definition) is 5. The van der Waals surface area contributed by atoms with E-state index >= 15 is 0 Å². The molecule has 0 spiro atoms. The first kappa shape index (κ1) is 12.8. The minimum atomic E-state index is -3.49. The monoisotopic (exact) mass is 258 g/mol. The van der Waals surface area contributed by atoms with Crippen LogP contribution < -0.4 is 9.46 Å². The second kappa shape index (κ2) is 5.18. The highest BCUT2D eigenvalue weighted by molar-refractivity contribution is 7.89. The normalized spacial score (nSPS) is 10.6. The first-order valence-corrected chi connectivity index (χ1v) is 6.13. The molecule has 0 unspecified atom stereocenters. The Morgan fingerprint density at radius 3 is 2.69 bits per heavy atom. The Bertz CT molecular complexity index is 534. The second-order valence-corrected chi connectivity index (χ2v) is 4.81. The molecule has 86 valence electrons. The molecule has 16 heavy (non-hydrogen) atoms. The number of isothiocyanates is 1. The van der Waals surface area contributed by atoms with Crippen molar-refractivity contribution >= 4 is 33.1 Å². The highest BCUT2D eigenvalue weighted by atomic mass is 32.2. The van der Waals surface area contributed by atoms with Gasteiger partial charge in [0.2, 0.25) is 10.0 Å². The molecule has 0 aliphatic heterocycles. The van der Waals surface area contributed by atoms with Crippen LogP contribution in [-0.4, -0.2) is 27.7 Å². The van der Waals surface area contributed by atoms with Crippen LogP contribution in [0.2, 0.25) is 0 Å². The predicted molar refractivity (Wildman–Crippen MR) is 63.9 cm³/mol. The zero-order chi connectivity index (χ0) is 12.2. The summed E-state index contributed by atoms with van der Waals surface area (Å²) in [6, 6.07) is 4.30. The van der Waals surface area contributed by atoms with E-state index in [1.54, 1.807) is 0 Å². The lowest BCUT2D eigenvalue weighted by molar-refractivity contribution is 0.416. The number of ether oxygens (including phenoxy) is 1. The van der Waals surface area contributed by atoms with Crippen molar-refractivity contribution in [2.75, 3.05) is 14.2 Å². The van der Waals surface area contributed by atoms with Crippen LogP contribution in [0.3, 0.4) is 0 Å². The third-order valence-electron chi connectivity index (χ3n) is 1.90. The Labute approximate surface area is 99.2 Å². The molecule has 0 amide bonds. The van der Waals surface area contributed by atoms with E-state index < -0.39 is 10.0 Å². The number of aliphatic imine (C=N–C) groups is 1. The van der Waals surface area contributed by atoms with E-state index in [-0.39, 0.29) is 4.90 Å². The molecule has 7 heteroatoms. The van der Waals surface area contributed by atoms with E-state index in [1.165, 1.54) is 32.4 Å². The van der Waals surface area contributed by atoms with Gasteiger partial charge < -0.3 is 4.74 Å². The molecular weight excluding hydrogens is 248 g/mol. The van der Waals surface area contributed by atoms with Crippen molar-refractivity contribution in [3.8, 4) is 5.75 Å². The molecule has 0 heterocycles. The zero-order valence-corrected chi connectivity index (χ0v) is 10.4. The van der Waals surface area contributed by atoms with Gasteiger partial charge in [-0.2, -0.15) is 4.99 Å². The highest BCUT2D eigenvalue weighted by Gasteiger charge is 2.13. The number of nitrogens with zero attached hydrogens (tertiary/aromatic N) is 1. The van der Waals surface area contributed by atoms with Gasteiger partial charge in [-0.25, -0.2) is 13.1 Å². The maximum Gasteiger partial charge on any atom is 0.240 e. The van der Waals surface area contributed by atoms with Crippen molar-refractivity contribution in [2.24, 2.45) is 4.99 Å². The van der Waals surface area contributed by atoms with E-state index in [1.807, 2.05) is 0 Å². The van der Waals surface area contributed by atoms with Crippen LogP contribution in [0, 0.1) is 0 Å². The Morgan fingerprint density at radius 2 is 2.19 bits per heavy atom. The summed E-state index contributed by atoms with van der Waals surface area (Å²) >= 11 is 4.47. The van der Waals surface area contributed by atoms with Gasteiger partial charge in [0.25, 0.3) is 0 Å². The standard InChI is InChI=1S/C9H10N2O3S2/c1-10-16(12,13)7-3-4-9(14-2)8(5-7)11-6-15/h3-5,10H,1-2H3. The zero-order valence-electron chi connectivity index (χ0n) is 8.72. The lowest BCUT2D eigenvalue weighted by atomic mass is 10.3. The average Bonchev–Trinajstić information content (AvgIpc) is 2.29. The van der Waals surface area contributed by atoms with E-state index in [4.69, 9.17) is 4.74 Å². The Kier molecular flexibility index (Phi) is 4.14. The lowest BCUT2D eigenvalue weighted by Crippen LogP contribution is -2.18. The molecule has 0 bridgehead atoms. The van der Waals surface area contributed by atoms with Gasteiger partial charge in [0.1, 0.15) is 11.4 Å². The summed E-state index contributed by atoms with van der Waals surface area (Å²) in [6.07, 6.45) is 0. The maximum atomic E-state index is 11.5. The van der Waals surface area contributed by atoms with Crippen molar-refractivity contribution in [1.82, 2.24) is 4.72 Å². The van der Waals surface area contributed by atoms with Crippen LogP contribution in [0.1, 0.15) is 0 Å². The molecule has 0 radical (unpaired) electrons. The molecule has 0 saturated carbocycles. The number of nitrogens with one attached hydrogen (secondary N) is 1. The molecule has 5 nitrogen and oxygen atoms in total. The summed E-state index contributed by atoms with van der Waals surface area (Å²) in [5, 5.41) is 2.17. The number of rotatable bonds is 4. The molecule has 0 fully saturated rings. The van der Waals surface area contributed by atoms with E-state index in [9.17, 15) is 8.42 Å². The molecule has 0 atom stereocenters. The number of sulfonamides is 1. The molecule has 0 aliphatic carbocycles. The van der Waals surface area contributed by atoms with Gasteiger partial charge in [-0.05, 0) is 37.5 Å². The lowest BCUT2D eigenvalue weighted by Gasteiger charge is -2.06. The summed E-state index contributed by atoms with van der Waals surface area (Å²) in [7, 11) is -0.694. The van der Waals surface area contributed by atoms with Crippen LogP contribution in [0.5, 0.6) is 5.75 Å². The summed E-state index contributed by atoms with van der Waals surface area (Å²) in [6.45, 7) is 0. The topological polar surface area (TPSA) is 67.8 Å². The van der Waals surface area contributed by atoms with Crippen LogP contribution in [0.15, 0.2) is 28.1 Å². The fraction of sp³-hybridized carbons (Fsp3) is 0.222. The van der Waals surface area contributed by atoms with E-state index in [0.29, 0.717) is 11.4 Å². The smallest absolute Gasteiger partial charge is 0.240 e. The third kappa shape index (κ3) is 2.65.